The van der Waals surface area contributed by atoms with Gasteiger partial charge in [-0.1, -0.05) is 23.2 Å². The lowest BCUT2D eigenvalue weighted by Gasteiger charge is -2.19. The molecule has 0 spiro atoms. The minimum absolute atomic E-state index is 0.0973. The number of nitrogens with two attached hydrogens (primary N) is 1. The molecule has 18 heavy (non-hydrogen) atoms. The summed E-state index contributed by atoms with van der Waals surface area (Å²) in [6.45, 7) is 0.761. The van der Waals surface area contributed by atoms with Gasteiger partial charge in [0.25, 0.3) is 6.64 Å². The molecule has 0 aromatic heterocycles. The largest absolute Gasteiger partial charge is 0.466 e. The first-order valence-corrected chi connectivity index (χ1v) is 8.56. The van der Waals surface area contributed by atoms with E-state index in [0.717, 1.165) is 0 Å². The Morgan fingerprint density at radius 2 is 2.06 bits per heavy atom. The van der Waals surface area contributed by atoms with Crippen molar-refractivity contribution in [2.24, 2.45) is 5.50 Å². The van der Waals surface area contributed by atoms with E-state index in [-0.39, 0.29) is 12.9 Å². The van der Waals surface area contributed by atoms with Crippen molar-refractivity contribution in [3.63, 3.8) is 0 Å². The summed E-state index contributed by atoms with van der Waals surface area (Å²) < 4.78 is 15.8. The molecule has 4 nitrogen and oxygen atoms in total. The Labute approximate surface area is 122 Å². The molecule has 1 unspecified atom stereocenters. The number of hydrogen-bond donors (Lipinski definition) is 1. The van der Waals surface area contributed by atoms with Gasteiger partial charge in [-0.25, -0.2) is 0 Å². The van der Waals surface area contributed by atoms with Crippen LogP contribution in [-0.4, -0.2) is 12.9 Å². The molecule has 0 saturated heterocycles. The van der Waals surface area contributed by atoms with Crippen LogP contribution in [0.4, 0.5) is 0 Å². The van der Waals surface area contributed by atoms with E-state index in [2.05, 4.69) is 0 Å². The summed E-state index contributed by atoms with van der Waals surface area (Å²) >= 11 is 16.7. The molecule has 1 aromatic carbocycles. The average molecular weight is 330 g/mol. The molecule has 0 aliphatic heterocycles. The molecule has 8 heteroatoms. The highest BCUT2D eigenvalue weighted by Gasteiger charge is 2.15. The topological polar surface area (TPSA) is 53.7 Å². The van der Waals surface area contributed by atoms with Crippen LogP contribution in [0.15, 0.2) is 18.2 Å². The number of halogens is 2. The lowest BCUT2D eigenvalue weighted by molar-refractivity contribution is 0.102. The molecular weight excluding hydrogens is 316 g/mol. The van der Waals surface area contributed by atoms with Crippen molar-refractivity contribution in [1.82, 2.24) is 0 Å². The van der Waals surface area contributed by atoms with E-state index < -0.39 is 6.64 Å². The van der Waals surface area contributed by atoms with E-state index >= 15 is 0 Å². The zero-order valence-corrected chi connectivity index (χ0v) is 13.2. The maximum Gasteiger partial charge on any atom is 0.261 e. The fourth-order valence-electron chi connectivity index (χ4n) is 1.08. The van der Waals surface area contributed by atoms with Crippen molar-refractivity contribution in [2.45, 2.75) is 20.0 Å². The summed E-state index contributed by atoms with van der Waals surface area (Å²) in [4.78, 5) is 0. The van der Waals surface area contributed by atoms with Gasteiger partial charge in [0.2, 0.25) is 0 Å². The van der Waals surface area contributed by atoms with Crippen LogP contribution in [0.3, 0.4) is 0 Å². The molecule has 2 N–H and O–H groups in total. The number of rotatable bonds is 6. The highest BCUT2D eigenvalue weighted by atomic mass is 35.5. The van der Waals surface area contributed by atoms with Crippen molar-refractivity contribution in [2.75, 3.05) is 6.79 Å². The Morgan fingerprint density at radius 3 is 2.61 bits per heavy atom. The number of ether oxygens (including phenoxy) is 1. The van der Waals surface area contributed by atoms with Crippen molar-refractivity contribution >= 4 is 41.7 Å². The van der Waals surface area contributed by atoms with E-state index in [1.165, 1.54) is 0 Å². The van der Waals surface area contributed by atoms with E-state index in [0.29, 0.717) is 15.8 Å². The van der Waals surface area contributed by atoms with E-state index in [1.807, 2.05) is 13.8 Å². The molecule has 0 radical (unpaired) electrons. The van der Waals surface area contributed by atoms with Crippen LogP contribution in [-0.2, 0) is 20.9 Å². The van der Waals surface area contributed by atoms with Crippen LogP contribution in [0.25, 0.3) is 0 Å². The SMILES string of the molecule is CC(C)OP(N)(=S)OCOc1ccc(Cl)cc1Cl. The first kappa shape index (κ1) is 16.2. The zero-order chi connectivity index (χ0) is 13.8. The predicted molar refractivity (Wildman–Crippen MR) is 77.7 cm³/mol. The van der Waals surface area contributed by atoms with Crippen LogP contribution < -0.4 is 10.2 Å². The first-order chi connectivity index (χ1) is 8.30. The lowest BCUT2D eigenvalue weighted by atomic mass is 10.3. The second-order valence-electron chi connectivity index (χ2n) is 3.66. The van der Waals surface area contributed by atoms with E-state index in [1.54, 1.807) is 18.2 Å². The molecule has 0 aliphatic carbocycles. The third kappa shape index (κ3) is 5.85. The molecule has 0 aliphatic rings. The maximum absolute atomic E-state index is 5.92. The summed E-state index contributed by atoms with van der Waals surface area (Å²) in [5, 5.41) is 0.918. The van der Waals surface area contributed by atoms with Gasteiger partial charge in [0, 0.05) is 5.02 Å². The van der Waals surface area contributed by atoms with Crippen LogP contribution >= 0.6 is 29.8 Å². The molecule has 0 bridgehead atoms. The smallest absolute Gasteiger partial charge is 0.261 e. The summed E-state index contributed by atoms with van der Waals surface area (Å²) in [6.07, 6.45) is -0.0973. The Hall–Kier alpha value is 0.130. The normalized spacial score (nSPS) is 14.6. The van der Waals surface area contributed by atoms with Gasteiger partial charge >= 0.3 is 0 Å². The van der Waals surface area contributed by atoms with Crippen LogP contribution in [0.5, 0.6) is 5.75 Å². The molecular formula is C10H14Cl2NO3PS. The fourth-order valence-corrected chi connectivity index (χ4v) is 3.04. The van der Waals surface area contributed by atoms with Crippen molar-refractivity contribution < 1.29 is 13.8 Å². The fraction of sp³-hybridized carbons (Fsp3) is 0.400. The van der Waals surface area contributed by atoms with Gasteiger partial charge < -0.3 is 9.26 Å². The Morgan fingerprint density at radius 1 is 1.39 bits per heavy atom. The second-order valence-corrected chi connectivity index (χ2v) is 7.58. The number of benzene rings is 1. The molecule has 102 valence electrons. The number of hydrogen-bond acceptors (Lipinski definition) is 4. The minimum atomic E-state index is -2.77. The summed E-state index contributed by atoms with van der Waals surface area (Å²) in [5.41, 5.74) is 5.69. The monoisotopic (exact) mass is 329 g/mol. The minimum Gasteiger partial charge on any atom is -0.466 e. The molecule has 0 heterocycles. The maximum atomic E-state index is 5.92. The molecule has 1 rings (SSSR count). The molecule has 0 saturated carbocycles. The molecule has 0 fully saturated rings. The van der Waals surface area contributed by atoms with Gasteiger partial charge in [-0.2, -0.15) is 0 Å². The average Bonchev–Trinajstić information content (AvgIpc) is 2.19. The standard InChI is InChI=1S/C10H14Cl2NO3PS/c1-7(2)16-17(13,18)15-6-14-10-4-3-8(11)5-9(10)12/h3-5,7H,6H2,1-2H3,(H2,13,18). The van der Waals surface area contributed by atoms with Gasteiger partial charge in [-0.05, 0) is 43.9 Å². The summed E-state index contributed by atoms with van der Waals surface area (Å²) in [5.74, 6) is 0.445. The van der Waals surface area contributed by atoms with Gasteiger partial charge in [0.15, 0.2) is 6.79 Å². The van der Waals surface area contributed by atoms with Gasteiger partial charge in [-0.15, -0.1) is 0 Å². The summed E-state index contributed by atoms with van der Waals surface area (Å²) in [7, 11) is 0. The van der Waals surface area contributed by atoms with Crippen molar-refractivity contribution in [1.29, 1.82) is 0 Å². The van der Waals surface area contributed by atoms with Crippen molar-refractivity contribution in [3.8, 4) is 5.75 Å². The predicted octanol–water partition coefficient (Wildman–Crippen LogP) is 3.95. The Kier molecular flexibility index (Phi) is 6.35. The molecule has 1 atom stereocenters. The second kappa shape index (κ2) is 7.06. The summed E-state index contributed by atoms with van der Waals surface area (Å²) in [6, 6.07) is 4.87. The first-order valence-electron chi connectivity index (χ1n) is 5.09. The highest BCUT2D eigenvalue weighted by Crippen LogP contribution is 2.41. The van der Waals surface area contributed by atoms with E-state index in [4.69, 9.17) is 54.3 Å². The Balaban J connectivity index is 2.49. The zero-order valence-electron chi connectivity index (χ0n) is 9.93. The Bertz CT molecular complexity index is 459. The van der Waals surface area contributed by atoms with Crippen LogP contribution in [0, 0.1) is 0 Å². The van der Waals surface area contributed by atoms with Crippen LogP contribution in [0.1, 0.15) is 13.8 Å². The van der Waals surface area contributed by atoms with Crippen molar-refractivity contribution in [3.05, 3.63) is 28.2 Å². The van der Waals surface area contributed by atoms with Gasteiger partial charge in [0.1, 0.15) is 5.75 Å². The third-order valence-electron chi connectivity index (χ3n) is 1.70. The lowest BCUT2D eigenvalue weighted by Crippen LogP contribution is -2.12. The third-order valence-corrected chi connectivity index (χ3v) is 3.98. The van der Waals surface area contributed by atoms with Crippen LogP contribution in [0.2, 0.25) is 10.0 Å². The quantitative estimate of drug-likeness (QED) is 0.632. The molecule has 1 aromatic rings. The van der Waals surface area contributed by atoms with E-state index in [9.17, 15) is 0 Å². The van der Waals surface area contributed by atoms with Gasteiger partial charge in [-0.3, -0.25) is 10.0 Å². The highest BCUT2D eigenvalue weighted by molar-refractivity contribution is 8.08. The van der Waals surface area contributed by atoms with Gasteiger partial charge in [0.05, 0.1) is 11.1 Å². The molecule has 0 amide bonds.